The van der Waals surface area contributed by atoms with Gasteiger partial charge in [-0.2, -0.15) is 5.26 Å². The van der Waals surface area contributed by atoms with Gasteiger partial charge in [0.25, 0.3) is 0 Å². The fourth-order valence-corrected chi connectivity index (χ4v) is 2.41. The van der Waals surface area contributed by atoms with Gasteiger partial charge in [0.05, 0.1) is 25.3 Å². The molecule has 0 saturated heterocycles. The number of pyridine rings is 1. The summed E-state index contributed by atoms with van der Waals surface area (Å²) >= 11 is 0. The number of aromatic nitrogens is 1. The Hall–Kier alpha value is -2.38. The van der Waals surface area contributed by atoms with Crippen molar-refractivity contribution in [1.82, 2.24) is 4.98 Å². The molecule has 108 valence electrons. The Balaban J connectivity index is 2.34. The van der Waals surface area contributed by atoms with Crippen molar-refractivity contribution in [1.29, 1.82) is 5.26 Å². The number of hydrogen-bond acceptors (Lipinski definition) is 4. The summed E-state index contributed by atoms with van der Waals surface area (Å²) in [5.41, 5.74) is 1.73. The highest BCUT2D eigenvalue weighted by Crippen LogP contribution is 2.34. The third-order valence-corrected chi connectivity index (χ3v) is 3.52. The normalized spacial score (nSPS) is 13.2. The zero-order chi connectivity index (χ0) is 15.1. The molecule has 2 aromatic rings. The first-order valence-electron chi connectivity index (χ1n) is 6.85. The molecule has 0 radical (unpaired) electrons. The fraction of sp³-hybridized carbons (Fsp3) is 0.294. The van der Waals surface area contributed by atoms with E-state index < -0.39 is 0 Å². The van der Waals surface area contributed by atoms with Gasteiger partial charge in [0, 0.05) is 18.2 Å². The van der Waals surface area contributed by atoms with Crippen molar-refractivity contribution < 1.29 is 9.84 Å². The van der Waals surface area contributed by atoms with Crippen LogP contribution in [0.1, 0.15) is 29.5 Å². The Morgan fingerprint density at radius 2 is 2.00 bits per heavy atom. The molecule has 4 nitrogen and oxygen atoms in total. The van der Waals surface area contributed by atoms with Gasteiger partial charge in [0.1, 0.15) is 5.75 Å². The van der Waals surface area contributed by atoms with Crippen LogP contribution in [0.15, 0.2) is 48.7 Å². The van der Waals surface area contributed by atoms with Gasteiger partial charge in [-0.3, -0.25) is 4.98 Å². The Morgan fingerprint density at radius 3 is 2.52 bits per heavy atom. The molecule has 21 heavy (non-hydrogen) atoms. The van der Waals surface area contributed by atoms with Crippen molar-refractivity contribution in [3.05, 3.63) is 59.9 Å². The molecule has 1 heterocycles. The zero-order valence-corrected chi connectivity index (χ0v) is 11.9. The van der Waals surface area contributed by atoms with Gasteiger partial charge in [0.15, 0.2) is 0 Å². The van der Waals surface area contributed by atoms with E-state index in [0.717, 1.165) is 11.3 Å². The molecular weight excluding hydrogens is 264 g/mol. The summed E-state index contributed by atoms with van der Waals surface area (Å²) in [5.74, 6) is 0.197. The quantitative estimate of drug-likeness (QED) is 0.884. The van der Waals surface area contributed by atoms with Gasteiger partial charge in [-0.15, -0.1) is 0 Å². The first kappa shape index (κ1) is 15.0. The average Bonchev–Trinajstić information content (AvgIpc) is 2.56. The van der Waals surface area contributed by atoms with Crippen LogP contribution in [0.25, 0.3) is 0 Å². The molecule has 2 atom stereocenters. The lowest BCUT2D eigenvalue weighted by molar-refractivity contribution is 0.271. The molecule has 1 aromatic carbocycles. The molecule has 1 aromatic heterocycles. The van der Waals surface area contributed by atoms with Gasteiger partial charge < -0.3 is 9.84 Å². The van der Waals surface area contributed by atoms with Gasteiger partial charge in [0.2, 0.25) is 0 Å². The van der Waals surface area contributed by atoms with Gasteiger partial charge >= 0.3 is 0 Å². The predicted molar refractivity (Wildman–Crippen MR) is 80.0 cm³/mol. The van der Waals surface area contributed by atoms with Crippen molar-refractivity contribution in [3.8, 4) is 11.8 Å². The van der Waals surface area contributed by atoms with Gasteiger partial charge in [-0.05, 0) is 24.1 Å². The summed E-state index contributed by atoms with van der Waals surface area (Å²) in [6.45, 7) is 0.0173. The molecular formula is C17H18N2O2. The third-order valence-electron chi connectivity index (χ3n) is 3.52. The van der Waals surface area contributed by atoms with Crippen LogP contribution in [0.2, 0.25) is 0 Å². The summed E-state index contributed by atoms with van der Waals surface area (Å²) in [5, 5.41) is 18.9. The predicted octanol–water partition coefficient (Wildman–Crippen LogP) is 2.86. The minimum Gasteiger partial charge on any atom is -0.495 e. The highest BCUT2D eigenvalue weighted by molar-refractivity contribution is 5.32. The largest absolute Gasteiger partial charge is 0.495 e. The first-order valence-corrected chi connectivity index (χ1v) is 6.85. The Labute approximate surface area is 124 Å². The summed E-state index contributed by atoms with van der Waals surface area (Å²) in [4.78, 5) is 4.38. The monoisotopic (exact) mass is 282 g/mol. The molecule has 0 unspecified atom stereocenters. The number of aliphatic hydroxyl groups excluding tert-OH is 1. The van der Waals surface area contributed by atoms with E-state index in [-0.39, 0.29) is 18.4 Å². The number of hydrogen-bond donors (Lipinski definition) is 1. The second-order valence-corrected chi connectivity index (χ2v) is 4.76. The van der Waals surface area contributed by atoms with E-state index >= 15 is 0 Å². The van der Waals surface area contributed by atoms with Gasteiger partial charge in [-0.25, -0.2) is 0 Å². The topological polar surface area (TPSA) is 66.1 Å². The fourth-order valence-electron chi connectivity index (χ4n) is 2.41. The highest BCUT2D eigenvalue weighted by Gasteiger charge is 2.25. The summed E-state index contributed by atoms with van der Waals surface area (Å²) in [6.07, 6.45) is 2.13. The molecule has 1 N–H and O–H groups in total. The van der Waals surface area contributed by atoms with Gasteiger partial charge in [-0.1, -0.05) is 30.3 Å². The number of benzene rings is 1. The van der Waals surface area contributed by atoms with Crippen molar-refractivity contribution in [2.24, 2.45) is 0 Å². The number of aliphatic hydroxyl groups is 1. The molecule has 0 aliphatic carbocycles. The van der Waals surface area contributed by atoms with E-state index in [0.29, 0.717) is 12.2 Å². The maximum absolute atomic E-state index is 9.55. The molecule has 4 heteroatoms. The Kier molecular flexibility index (Phi) is 5.30. The highest BCUT2D eigenvalue weighted by atomic mass is 16.5. The van der Waals surface area contributed by atoms with Crippen molar-refractivity contribution in [2.45, 2.75) is 18.3 Å². The minimum atomic E-state index is -0.334. The second kappa shape index (κ2) is 7.41. The number of nitrogens with zero attached hydrogens (tertiary/aromatic N) is 2. The van der Waals surface area contributed by atoms with E-state index in [4.69, 9.17) is 4.74 Å². The lowest BCUT2D eigenvalue weighted by Crippen LogP contribution is -2.13. The van der Waals surface area contributed by atoms with Crippen LogP contribution in [-0.4, -0.2) is 23.8 Å². The summed E-state index contributed by atoms with van der Waals surface area (Å²) < 4.78 is 5.10. The average molecular weight is 282 g/mol. The van der Waals surface area contributed by atoms with E-state index in [9.17, 15) is 10.4 Å². The zero-order valence-electron chi connectivity index (χ0n) is 11.9. The van der Waals surface area contributed by atoms with E-state index in [1.54, 1.807) is 13.3 Å². The third kappa shape index (κ3) is 3.59. The van der Waals surface area contributed by atoms with E-state index in [1.165, 1.54) is 0 Å². The lowest BCUT2D eigenvalue weighted by Gasteiger charge is -2.21. The lowest BCUT2D eigenvalue weighted by atomic mass is 9.82. The molecule has 0 saturated carbocycles. The molecule has 0 aliphatic rings. The van der Waals surface area contributed by atoms with Crippen LogP contribution in [0.3, 0.4) is 0 Å². The van der Waals surface area contributed by atoms with Crippen molar-refractivity contribution in [2.75, 3.05) is 13.7 Å². The first-order chi connectivity index (χ1) is 10.3. The van der Waals surface area contributed by atoms with Crippen LogP contribution in [-0.2, 0) is 0 Å². The van der Waals surface area contributed by atoms with Crippen LogP contribution in [0, 0.1) is 11.3 Å². The van der Waals surface area contributed by atoms with E-state index in [1.807, 2.05) is 42.5 Å². The molecule has 0 bridgehead atoms. The van der Waals surface area contributed by atoms with Crippen molar-refractivity contribution >= 4 is 0 Å². The second-order valence-electron chi connectivity index (χ2n) is 4.76. The molecule has 0 amide bonds. The summed E-state index contributed by atoms with van der Waals surface area (Å²) in [7, 11) is 1.59. The SMILES string of the molecule is COc1ccc([C@H](CCO)[C@H](C#N)c2ccccc2)nc1. The minimum absolute atomic E-state index is 0.0173. The van der Waals surface area contributed by atoms with Crippen LogP contribution in [0.5, 0.6) is 5.75 Å². The molecule has 0 aliphatic heterocycles. The van der Waals surface area contributed by atoms with E-state index in [2.05, 4.69) is 11.1 Å². The molecule has 0 spiro atoms. The maximum atomic E-state index is 9.55. The summed E-state index contributed by atoms with van der Waals surface area (Å²) in [6, 6.07) is 15.6. The Morgan fingerprint density at radius 1 is 1.24 bits per heavy atom. The van der Waals surface area contributed by atoms with Crippen molar-refractivity contribution in [3.63, 3.8) is 0 Å². The number of rotatable bonds is 6. The van der Waals surface area contributed by atoms with Crippen LogP contribution in [0.4, 0.5) is 0 Å². The molecule has 0 fully saturated rings. The maximum Gasteiger partial charge on any atom is 0.137 e. The smallest absolute Gasteiger partial charge is 0.137 e. The van der Waals surface area contributed by atoms with Crippen LogP contribution >= 0.6 is 0 Å². The standard InChI is InChI=1S/C17H18N2O2/c1-21-14-7-8-17(19-12-14)15(9-10-20)16(11-18)13-5-3-2-4-6-13/h2-8,12,15-16,20H,9-10H2,1H3/t15-,16-/m1/s1. The Bertz CT molecular complexity index is 590. The molecule has 2 rings (SSSR count). The number of methoxy groups -OCH3 is 1. The number of ether oxygens (including phenoxy) is 1. The number of nitriles is 1. The van der Waals surface area contributed by atoms with Crippen LogP contribution < -0.4 is 4.74 Å².